The zero-order chi connectivity index (χ0) is 16.3. The van der Waals surface area contributed by atoms with E-state index in [9.17, 15) is 9.59 Å². The monoisotopic (exact) mass is 382 g/mol. The SMILES string of the molecule is CCOC(=O)c1sc(Br)nc1C(N)c1ccc(C(C)=O)cc1. The quantitative estimate of drug-likeness (QED) is 0.633. The van der Waals surface area contributed by atoms with Gasteiger partial charge in [0.15, 0.2) is 9.70 Å². The van der Waals surface area contributed by atoms with Crippen molar-refractivity contribution in [3.8, 4) is 0 Å². The van der Waals surface area contributed by atoms with Gasteiger partial charge in [-0.25, -0.2) is 9.78 Å². The van der Waals surface area contributed by atoms with E-state index in [1.807, 2.05) is 0 Å². The highest BCUT2D eigenvalue weighted by Crippen LogP contribution is 2.30. The molecule has 0 amide bonds. The van der Waals surface area contributed by atoms with Crippen molar-refractivity contribution >= 4 is 39.0 Å². The number of Topliss-reactive ketones (excluding diaryl/α,β-unsaturated/α-hetero) is 1. The first-order chi connectivity index (χ1) is 10.4. The number of esters is 1. The second-order valence-corrected chi connectivity index (χ2v) is 6.83. The summed E-state index contributed by atoms with van der Waals surface area (Å²) < 4.78 is 5.60. The van der Waals surface area contributed by atoms with E-state index in [0.717, 1.165) is 5.56 Å². The van der Waals surface area contributed by atoms with Gasteiger partial charge >= 0.3 is 5.97 Å². The highest BCUT2D eigenvalue weighted by molar-refractivity contribution is 9.11. The van der Waals surface area contributed by atoms with Crippen LogP contribution in [0.1, 0.15) is 51.2 Å². The average molecular weight is 383 g/mol. The van der Waals surface area contributed by atoms with E-state index in [1.165, 1.54) is 18.3 Å². The Balaban J connectivity index is 2.34. The molecule has 1 heterocycles. The lowest BCUT2D eigenvalue weighted by atomic mass is 10.0. The van der Waals surface area contributed by atoms with Crippen molar-refractivity contribution in [2.75, 3.05) is 6.61 Å². The Morgan fingerprint density at radius 2 is 2.00 bits per heavy atom. The van der Waals surface area contributed by atoms with Crippen molar-refractivity contribution in [2.45, 2.75) is 19.9 Å². The van der Waals surface area contributed by atoms with Crippen LogP contribution in [0.25, 0.3) is 0 Å². The maximum Gasteiger partial charge on any atom is 0.350 e. The van der Waals surface area contributed by atoms with Crippen LogP contribution in [-0.2, 0) is 4.74 Å². The van der Waals surface area contributed by atoms with Gasteiger partial charge in [0.2, 0.25) is 0 Å². The molecule has 116 valence electrons. The number of ether oxygens (including phenoxy) is 1. The standard InChI is InChI=1S/C15H15BrN2O3S/c1-3-21-14(20)13-12(18-15(16)22-13)11(17)10-6-4-9(5-7-10)8(2)19/h4-7,11H,3,17H2,1-2H3. The second kappa shape index (κ2) is 7.13. The number of hydrogen-bond acceptors (Lipinski definition) is 6. The smallest absolute Gasteiger partial charge is 0.350 e. The second-order valence-electron chi connectivity index (χ2n) is 4.56. The summed E-state index contributed by atoms with van der Waals surface area (Å²) in [5.41, 5.74) is 8.07. The number of hydrogen-bond donors (Lipinski definition) is 1. The first kappa shape index (κ1) is 16.8. The number of nitrogens with two attached hydrogens (primary N) is 1. The average Bonchev–Trinajstić information content (AvgIpc) is 2.89. The first-order valence-electron chi connectivity index (χ1n) is 6.63. The molecular formula is C15H15BrN2O3S. The highest BCUT2D eigenvalue weighted by atomic mass is 79.9. The maximum absolute atomic E-state index is 12.0. The summed E-state index contributed by atoms with van der Waals surface area (Å²) in [6.45, 7) is 3.54. The van der Waals surface area contributed by atoms with Crippen LogP contribution in [0, 0.1) is 0 Å². The molecule has 0 bridgehead atoms. The molecular weight excluding hydrogens is 368 g/mol. The Morgan fingerprint density at radius 1 is 1.36 bits per heavy atom. The molecule has 1 aromatic carbocycles. The van der Waals surface area contributed by atoms with Gasteiger partial charge in [-0.2, -0.15) is 0 Å². The summed E-state index contributed by atoms with van der Waals surface area (Å²) >= 11 is 4.46. The predicted molar refractivity (Wildman–Crippen MR) is 88.2 cm³/mol. The molecule has 2 aromatic rings. The Labute approximate surface area is 140 Å². The predicted octanol–water partition coefficient (Wildman–Crippen LogP) is 3.33. The van der Waals surface area contributed by atoms with Gasteiger partial charge in [0, 0.05) is 5.56 Å². The zero-order valence-electron chi connectivity index (χ0n) is 12.1. The van der Waals surface area contributed by atoms with Gasteiger partial charge in [-0.1, -0.05) is 35.6 Å². The lowest BCUT2D eigenvalue weighted by molar-refractivity contribution is 0.0530. The third kappa shape index (κ3) is 3.60. The molecule has 0 aliphatic carbocycles. The fourth-order valence-electron chi connectivity index (χ4n) is 1.94. The zero-order valence-corrected chi connectivity index (χ0v) is 14.5. The van der Waals surface area contributed by atoms with E-state index in [0.29, 0.717) is 20.1 Å². The van der Waals surface area contributed by atoms with E-state index in [4.69, 9.17) is 10.5 Å². The van der Waals surface area contributed by atoms with Crippen LogP contribution >= 0.6 is 27.3 Å². The lowest BCUT2D eigenvalue weighted by Gasteiger charge is -2.12. The van der Waals surface area contributed by atoms with Crippen molar-refractivity contribution < 1.29 is 14.3 Å². The van der Waals surface area contributed by atoms with Crippen LogP contribution in [0.15, 0.2) is 28.2 Å². The number of carbonyl (C=O) groups is 2. The van der Waals surface area contributed by atoms with Crippen molar-refractivity contribution in [2.24, 2.45) is 5.73 Å². The minimum absolute atomic E-state index is 0.0104. The fraction of sp³-hybridized carbons (Fsp3) is 0.267. The fourth-order valence-corrected chi connectivity index (χ4v) is 3.35. The van der Waals surface area contributed by atoms with Gasteiger partial charge in [-0.15, -0.1) is 0 Å². The van der Waals surface area contributed by atoms with Crippen LogP contribution in [0.3, 0.4) is 0 Å². The van der Waals surface area contributed by atoms with Crippen molar-refractivity contribution in [1.29, 1.82) is 0 Å². The summed E-state index contributed by atoms with van der Waals surface area (Å²) in [7, 11) is 0. The molecule has 0 saturated heterocycles. The molecule has 2 rings (SSSR count). The number of carbonyl (C=O) groups excluding carboxylic acids is 2. The molecule has 0 saturated carbocycles. The molecule has 5 nitrogen and oxygen atoms in total. The van der Waals surface area contributed by atoms with Crippen molar-refractivity contribution in [1.82, 2.24) is 4.98 Å². The molecule has 0 aliphatic rings. The van der Waals surface area contributed by atoms with Gasteiger partial charge in [0.05, 0.1) is 18.3 Å². The normalized spacial score (nSPS) is 12.0. The van der Waals surface area contributed by atoms with Gasteiger partial charge in [-0.3, -0.25) is 4.79 Å². The van der Waals surface area contributed by atoms with Crippen LogP contribution in [0.5, 0.6) is 0 Å². The molecule has 1 unspecified atom stereocenters. The third-order valence-electron chi connectivity index (χ3n) is 3.06. The number of ketones is 1. The molecule has 1 atom stereocenters. The summed E-state index contributed by atoms with van der Waals surface area (Å²) in [4.78, 5) is 28.0. The molecule has 0 fully saturated rings. The van der Waals surface area contributed by atoms with E-state index < -0.39 is 12.0 Å². The summed E-state index contributed by atoms with van der Waals surface area (Å²) in [5.74, 6) is -0.444. The Bertz CT molecular complexity index is 697. The van der Waals surface area contributed by atoms with Gasteiger partial charge < -0.3 is 10.5 Å². The van der Waals surface area contributed by atoms with Gasteiger partial charge in [-0.05, 0) is 35.3 Å². The van der Waals surface area contributed by atoms with E-state index in [-0.39, 0.29) is 12.4 Å². The van der Waals surface area contributed by atoms with E-state index in [1.54, 1.807) is 31.2 Å². The summed E-state index contributed by atoms with van der Waals surface area (Å²) in [6, 6.07) is 6.39. The Morgan fingerprint density at radius 3 is 2.55 bits per heavy atom. The number of halogens is 1. The van der Waals surface area contributed by atoms with Crippen LogP contribution in [0.4, 0.5) is 0 Å². The minimum atomic E-state index is -0.567. The first-order valence-corrected chi connectivity index (χ1v) is 8.24. The van der Waals surface area contributed by atoms with Crippen LogP contribution < -0.4 is 5.73 Å². The Kier molecular flexibility index (Phi) is 5.44. The third-order valence-corrected chi connectivity index (χ3v) is 4.56. The van der Waals surface area contributed by atoms with Crippen molar-refractivity contribution in [3.63, 3.8) is 0 Å². The van der Waals surface area contributed by atoms with Crippen LogP contribution in [-0.4, -0.2) is 23.3 Å². The number of nitrogens with zero attached hydrogens (tertiary/aromatic N) is 1. The van der Waals surface area contributed by atoms with E-state index in [2.05, 4.69) is 20.9 Å². The molecule has 0 aliphatic heterocycles. The molecule has 1 aromatic heterocycles. The molecule has 22 heavy (non-hydrogen) atoms. The number of benzene rings is 1. The molecule has 0 spiro atoms. The number of thiazole rings is 1. The highest BCUT2D eigenvalue weighted by Gasteiger charge is 2.24. The van der Waals surface area contributed by atoms with Crippen LogP contribution in [0.2, 0.25) is 0 Å². The topological polar surface area (TPSA) is 82.3 Å². The number of rotatable bonds is 5. The van der Waals surface area contributed by atoms with E-state index >= 15 is 0 Å². The van der Waals surface area contributed by atoms with Gasteiger partial charge in [0.25, 0.3) is 0 Å². The minimum Gasteiger partial charge on any atom is -0.462 e. The largest absolute Gasteiger partial charge is 0.462 e. The summed E-state index contributed by atoms with van der Waals surface area (Å²) in [6.07, 6.45) is 0. The Hall–Kier alpha value is -1.57. The lowest BCUT2D eigenvalue weighted by Crippen LogP contribution is -2.17. The molecule has 7 heteroatoms. The molecule has 0 radical (unpaired) electrons. The van der Waals surface area contributed by atoms with Gasteiger partial charge in [0.1, 0.15) is 4.88 Å². The summed E-state index contributed by atoms with van der Waals surface area (Å²) in [5, 5.41) is 0. The maximum atomic E-state index is 12.0. The molecule has 2 N–H and O–H groups in total. The number of aromatic nitrogens is 1. The van der Waals surface area contributed by atoms with Crippen molar-refractivity contribution in [3.05, 3.63) is 49.9 Å².